The monoisotopic (exact) mass is 765 g/mol. The Kier molecular flexibility index (Phi) is 13.3. The molecule has 19 atom stereocenters. The summed E-state index contributed by atoms with van der Waals surface area (Å²) in [5, 5.41) is 44.2. The van der Waals surface area contributed by atoms with Crippen LogP contribution in [-0.4, -0.2) is 97.7 Å². The van der Waals surface area contributed by atoms with Crippen molar-refractivity contribution in [1.29, 1.82) is 0 Å². The zero-order valence-electron chi connectivity index (χ0n) is 34.8. The lowest BCUT2D eigenvalue weighted by Crippen LogP contribution is -2.63. The molecule has 0 aliphatic carbocycles. The van der Waals surface area contributed by atoms with Gasteiger partial charge >= 0.3 is 5.97 Å². The maximum atomic E-state index is 14.5. The number of ketones is 1. The SMILES string of the molecule is CCC(C(=O)[C@@H](C)C(O)[C@H](C)[C@@H]1O[C@@H](C(CC)C(=O)O)[C@@H](C)CC1C)C1O[C@]2(C=CC(O)[C@]3(CC[C@@](C)([C@H]4CC[C@](O)(CC)[C@H](C)O4)O3)O2)[C@H](C)C[C@@H]1C. The summed E-state index contributed by atoms with van der Waals surface area (Å²) in [6.45, 7) is 21.7. The first-order valence-corrected chi connectivity index (χ1v) is 21.1. The Labute approximate surface area is 323 Å². The summed E-state index contributed by atoms with van der Waals surface area (Å²) in [5.74, 6) is -5.80. The van der Waals surface area contributed by atoms with Crippen LogP contribution < -0.4 is 0 Å². The standard InChI is InChI=1S/C43H72O11/c1-12-30(35(46)27(8)34(45)28(9)36-23(4)21-24(5)37(51-36)31(13-2)39(47)48)38-25(6)22-26(7)42(52-38)18-15-32(44)43(54-42)20-19-40(11,53-43)33-16-17-41(49,14-3)29(10)50-33/h15,18,23-34,36-38,44-45,49H,12-14,16-17,19-22H2,1-11H3,(H,47,48)/t23?,24-,25-,26+,27-,28-,29-,30?,31?,32?,33+,34?,36+,37+,38?,40-,41+,42-,43-/m0/s1. The fourth-order valence-corrected chi connectivity index (χ4v) is 10.9. The van der Waals surface area contributed by atoms with Gasteiger partial charge in [-0.2, -0.15) is 0 Å². The zero-order chi connectivity index (χ0) is 40.1. The van der Waals surface area contributed by atoms with Gasteiger partial charge in [-0.05, 0) is 95.1 Å². The molecule has 0 radical (unpaired) electrons. The summed E-state index contributed by atoms with van der Waals surface area (Å²) in [6, 6.07) is 0. The molecule has 5 rings (SSSR count). The predicted octanol–water partition coefficient (Wildman–Crippen LogP) is 6.43. The lowest BCUT2D eigenvalue weighted by atomic mass is 9.72. The Morgan fingerprint density at radius 2 is 1.48 bits per heavy atom. The van der Waals surface area contributed by atoms with Crippen LogP contribution >= 0.6 is 0 Å². The zero-order valence-corrected chi connectivity index (χ0v) is 34.8. The molecule has 0 aromatic rings. The molecule has 11 heteroatoms. The summed E-state index contributed by atoms with van der Waals surface area (Å²) in [7, 11) is 0. The number of rotatable bonds is 12. The molecule has 0 bridgehead atoms. The maximum absolute atomic E-state index is 14.5. The maximum Gasteiger partial charge on any atom is 0.309 e. The van der Waals surface area contributed by atoms with Crippen LogP contribution in [0.1, 0.15) is 134 Å². The number of carboxylic acid groups (broad SMARTS) is 1. The van der Waals surface area contributed by atoms with Gasteiger partial charge in [0.05, 0.1) is 53.7 Å². The second kappa shape index (κ2) is 16.4. The van der Waals surface area contributed by atoms with Crippen molar-refractivity contribution >= 4 is 11.8 Å². The van der Waals surface area contributed by atoms with Gasteiger partial charge in [0.2, 0.25) is 5.79 Å². The molecule has 4 fully saturated rings. The fourth-order valence-electron chi connectivity index (χ4n) is 10.9. The van der Waals surface area contributed by atoms with Crippen molar-refractivity contribution in [2.45, 2.75) is 199 Å². The van der Waals surface area contributed by atoms with E-state index >= 15 is 0 Å². The molecular formula is C43H72O11. The Morgan fingerprint density at radius 1 is 0.852 bits per heavy atom. The highest BCUT2D eigenvalue weighted by molar-refractivity contribution is 5.84. The number of aliphatic hydroxyl groups excluding tert-OH is 2. The van der Waals surface area contributed by atoms with E-state index in [9.17, 15) is 30.0 Å². The van der Waals surface area contributed by atoms with Crippen LogP contribution in [0, 0.1) is 47.3 Å². The van der Waals surface area contributed by atoms with Gasteiger partial charge in [0, 0.05) is 30.1 Å². The molecule has 54 heavy (non-hydrogen) atoms. The van der Waals surface area contributed by atoms with Crippen molar-refractivity contribution in [1.82, 2.24) is 0 Å². The van der Waals surface area contributed by atoms with Gasteiger partial charge in [-0.1, -0.05) is 62.3 Å². The first-order chi connectivity index (χ1) is 25.2. The van der Waals surface area contributed by atoms with Gasteiger partial charge in [-0.3, -0.25) is 9.59 Å². The first kappa shape index (κ1) is 43.7. The summed E-state index contributed by atoms with van der Waals surface area (Å²) in [5.41, 5.74) is -1.63. The van der Waals surface area contributed by atoms with Gasteiger partial charge in [0.15, 0.2) is 5.79 Å². The molecule has 4 N–H and O–H groups in total. The molecule has 5 aliphatic heterocycles. The largest absolute Gasteiger partial charge is 0.481 e. The fraction of sp³-hybridized carbons (Fsp3) is 0.907. The third kappa shape index (κ3) is 7.88. The van der Waals surface area contributed by atoms with E-state index in [2.05, 4.69) is 20.8 Å². The van der Waals surface area contributed by atoms with Gasteiger partial charge in [-0.25, -0.2) is 0 Å². The van der Waals surface area contributed by atoms with Crippen LogP contribution in [0.15, 0.2) is 12.2 Å². The van der Waals surface area contributed by atoms with Crippen molar-refractivity contribution in [2.75, 3.05) is 0 Å². The minimum absolute atomic E-state index is 0.0104. The van der Waals surface area contributed by atoms with Gasteiger partial charge in [-0.15, -0.1) is 0 Å². The van der Waals surface area contributed by atoms with Gasteiger partial charge < -0.3 is 44.1 Å². The predicted molar refractivity (Wildman–Crippen MR) is 203 cm³/mol. The summed E-state index contributed by atoms with van der Waals surface area (Å²) in [4.78, 5) is 26.6. The number of aliphatic carboxylic acids is 1. The van der Waals surface area contributed by atoms with E-state index in [0.29, 0.717) is 51.4 Å². The molecule has 0 saturated carbocycles. The van der Waals surface area contributed by atoms with Gasteiger partial charge in [0.25, 0.3) is 0 Å². The number of carbonyl (C=O) groups is 2. The molecule has 6 unspecified atom stereocenters. The molecule has 11 nitrogen and oxygen atoms in total. The van der Waals surface area contributed by atoms with E-state index in [0.717, 1.165) is 6.42 Å². The number of hydrogen-bond acceptors (Lipinski definition) is 10. The Balaban J connectivity index is 1.32. The minimum atomic E-state index is -1.37. The molecule has 4 saturated heterocycles. The van der Waals surface area contributed by atoms with E-state index in [1.165, 1.54) is 0 Å². The number of carboxylic acids is 1. The summed E-state index contributed by atoms with van der Waals surface area (Å²) >= 11 is 0. The third-order valence-electron chi connectivity index (χ3n) is 14.8. The molecule has 0 aromatic heterocycles. The molecule has 5 aliphatic rings. The average Bonchev–Trinajstić information content (AvgIpc) is 3.47. The smallest absolute Gasteiger partial charge is 0.309 e. The number of Topliss-reactive ketones (excluding diaryl/α,β-unsaturated/α-hetero) is 1. The van der Waals surface area contributed by atoms with E-state index in [4.69, 9.17) is 23.7 Å². The second-order valence-corrected chi connectivity index (χ2v) is 18.5. The Hall–Kier alpha value is -1.44. The minimum Gasteiger partial charge on any atom is -0.481 e. The van der Waals surface area contributed by atoms with Crippen molar-refractivity contribution in [3.05, 3.63) is 12.2 Å². The van der Waals surface area contributed by atoms with Crippen LogP contribution in [0.25, 0.3) is 0 Å². The number of ether oxygens (including phenoxy) is 5. The highest BCUT2D eigenvalue weighted by Crippen LogP contribution is 2.54. The van der Waals surface area contributed by atoms with Gasteiger partial charge in [0.1, 0.15) is 11.9 Å². The van der Waals surface area contributed by atoms with Crippen molar-refractivity contribution in [3.8, 4) is 0 Å². The molecule has 2 spiro atoms. The van der Waals surface area contributed by atoms with Crippen LogP contribution in [0.3, 0.4) is 0 Å². The van der Waals surface area contributed by atoms with E-state index in [1.807, 2.05) is 48.5 Å². The first-order valence-electron chi connectivity index (χ1n) is 21.1. The lowest BCUT2D eigenvalue weighted by Gasteiger charge is -2.54. The number of carbonyl (C=O) groups excluding carboxylic acids is 1. The Morgan fingerprint density at radius 3 is 2.07 bits per heavy atom. The number of hydrogen-bond donors (Lipinski definition) is 4. The molecule has 0 aromatic carbocycles. The molecule has 0 amide bonds. The van der Waals surface area contributed by atoms with Crippen LogP contribution in [-0.2, 0) is 33.3 Å². The molecule has 5 heterocycles. The van der Waals surface area contributed by atoms with Crippen LogP contribution in [0.2, 0.25) is 0 Å². The highest BCUT2D eigenvalue weighted by Gasteiger charge is 2.63. The quantitative estimate of drug-likeness (QED) is 0.162. The van der Waals surface area contributed by atoms with Crippen molar-refractivity contribution in [2.24, 2.45) is 47.3 Å². The van der Waals surface area contributed by atoms with E-state index in [-0.39, 0.29) is 47.8 Å². The van der Waals surface area contributed by atoms with Crippen molar-refractivity contribution in [3.63, 3.8) is 0 Å². The third-order valence-corrected chi connectivity index (χ3v) is 14.8. The lowest BCUT2D eigenvalue weighted by molar-refractivity contribution is -0.409. The topological polar surface area (TPSA) is 161 Å². The molecule has 310 valence electrons. The second-order valence-electron chi connectivity index (χ2n) is 18.5. The van der Waals surface area contributed by atoms with Crippen LogP contribution in [0.4, 0.5) is 0 Å². The summed E-state index contributed by atoms with van der Waals surface area (Å²) < 4.78 is 33.6. The molecular weight excluding hydrogens is 692 g/mol. The van der Waals surface area contributed by atoms with E-state index < -0.39 is 76.8 Å². The van der Waals surface area contributed by atoms with Crippen LogP contribution in [0.5, 0.6) is 0 Å². The normalized spacial score (nSPS) is 46.9. The highest BCUT2D eigenvalue weighted by atomic mass is 16.8. The average molecular weight is 765 g/mol. The van der Waals surface area contributed by atoms with E-state index in [1.54, 1.807) is 19.1 Å². The summed E-state index contributed by atoms with van der Waals surface area (Å²) in [6.07, 6.45) is 4.75. The van der Waals surface area contributed by atoms with Crippen molar-refractivity contribution < 1.29 is 53.7 Å². The Bertz CT molecular complexity index is 1360. The number of aliphatic hydroxyl groups is 3.